The number of rotatable bonds is 1. The van der Waals surface area contributed by atoms with Crippen molar-refractivity contribution in [2.24, 2.45) is 0 Å². The summed E-state index contributed by atoms with van der Waals surface area (Å²) >= 11 is 0. The number of nitrogen functional groups attached to an aromatic ring is 1. The smallest absolute Gasteiger partial charge is 0.221 e. The molecule has 0 fully saturated rings. The van der Waals surface area contributed by atoms with Crippen LogP contribution in [-0.2, 0) is 4.79 Å². The number of carbonyl (C=O) groups excluding carboxylic acids is 1. The second kappa shape index (κ2) is 3.13. The van der Waals surface area contributed by atoms with Gasteiger partial charge in [-0.25, -0.2) is 0 Å². The van der Waals surface area contributed by atoms with Crippen molar-refractivity contribution in [3.05, 3.63) is 18.2 Å². The molecular weight excluding hydrogens is 156 g/mol. The Hall–Kier alpha value is -1.71. The molecule has 0 heterocycles. The summed E-state index contributed by atoms with van der Waals surface area (Å²) in [6, 6.07) is 4.39. The number of aromatic hydroxyl groups is 1. The van der Waals surface area contributed by atoms with E-state index in [1.807, 2.05) is 0 Å². The highest BCUT2D eigenvalue weighted by Crippen LogP contribution is 2.22. The first-order valence-electron chi connectivity index (χ1n) is 3.45. The summed E-state index contributed by atoms with van der Waals surface area (Å²) < 4.78 is 0. The summed E-state index contributed by atoms with van der Waals surface area (Å²) in [5.74, 6) is -0.103. The molecule has 0 aliphatic heterocycles. The lowest BCUT2D eigenvalue weighted by atomic mass is 10.2. The number of nitrogens with two attached hydrogens (primary N) is 1. The van der Waals surface area contributed by atoms with Gasteiger partial charge in [0.25, 0.3) is 0 Å². The summed E-state index contributed by atoms with van der Waals surface area (Å²) in [5, 5.41) is 11.5. The van der Waals surface area contributed by atoms with E-state index in [-0.39, 0.29) is 11.7 Å². The average molecular weight is 166 g/mol. The zero-order valence-corrected chi connectivity index (χ0v) is 6.66. The Morgan fingerprint density at radius 3 is 2.75 bits per heavy atom. The summed E-state index contributed by atoms with van der Waals surface area (Å²) in [6.07, 6.45) is 0. The van der Waals surface area contributed by atoms with Crippen LogP contribution in [0.4, 0.5) is 11.4 Å². The number of carbonyl (C=O) groups is 1. The van der Waals surface area contributed by atoms with Crippen molar-refractivity contribution in [1.82, 2.24) is 0 Å². The Labute approximate surface area is 70.0 Å². The predicted molar refractivity (Wildman–Crippen MR) is 46.8 cm³/mol. The van der Waals surface area contributed by atoms with Gasteiger partial charge in [-0.3, -0.25) is 4.79 Å². The molecule has 64 valence electrons. The number of hydrogen-bond acceptors (Lipinski definition) is 3. The lowest BCUT2D eigenvalue weighted by Crippen LogP contribution is -2.07. The molecular formula is C8H10N2O2. The molecule has 1 amide bonds. The first kappa shape index (κ1) is 8.39. The van der Waals surface area contributed by atoms with E-state index < -0.39 is 0 Å². The van der Waals surface area contributed by atoms with E-state index in [9.17, 15) is 4.79 Å². The van der Waals surface area contributed by atoms with E-state index in [2.05, 4.69) is 5.32 Å². The van der Waals surface area contributed by atoms with Gasteiger partial charge in [0, 0.05) is 13.0 Å². The fourth-order valence-electron chi connectivity index (χ4n) is 0.854. The van der Waals surface area contributed by atoms with Gasteiger partial charge in [0.1, 0.15) is 5.75 Å². The minimum atomic E-state index is -0.188. The van der Waals surface area contributed by atoms with Gasteiger partial charge in [-0.05, 0) is 12.1 Å². The molecule has 0 bridgehead atoms. The maximum Gasteiger partial charge on any atom is 0.221 e. The highest BCUT2D eigenvalue weighted by molar-refractivity contribution is 5.92. The molecule has 1 rings (SSSR count). The molecule has 0 aliphatic rings. The average Bonchev–Trinajstić information content (AvgIpc) is 1.94. The van der Waals surface area contributed by atoms with Crippen LogP contribution in [0.1, 0.15) is 6.92 Å². The minimum absolute atomic E-state index is 0.0848. The lowest BCUT2D eigenvalue weighted by molar-refractivity contribution is -0.114. The maximum absolute atomic E-state index is 10.6. The Balaban J connectivity index is 2.93. The third kappa shape index (κ3) is 1.88. The van der Waals surface area contributed by atoms with Crippen molar-refractivity contribution in [3.63, 3.8) is 0 Å². The van der Waals surface area contributed by atoms with Gasteiger partial charge in [-0.1, -0.05) is 0 Å². The molecule has 4 nitrogen and oxygen atoms in total. The van der Waals surface area contributed by atoms with Crippen LogP contribution in [0.5, 0.6) is 5.75 Å². The van der Waals surface area contributed by atoms with Crippen LogP contribution in [0.25, 0.3) is 0 Å². The number of amides is 1. The van der Waals surface area contributed by atoms with Gasteiger partial charge in [0.2, 0.25) is 5.91 Å². The molecule has 0 spiro atoms. The number of phenolic OH excluding ortho intramolecular Hbond substituents is 1. The maximum atomic E-state index is 10.6. The van der Waals surface area contributed by atoms with Crippen molar-refractivity contribution in [2.75, 3.05) is 11.1 Å². The first-order valence-corrected chi connectivity index (χ1v) is 3.45. The van der Waals surface area contributed by atoms with Gasteiger partial charge in [0.05, 0.1) is 11.4 Å². The fraction of sp³-hybridized carbons (Fsp3) is 0.125. The van der Waals surface area contributed by atoms with Gasteiger partial charge in [-0.2, -0.15) is 0 Å². The second-order valence-electron chi connectivity index (χ2n) is 2.45. The molecule has 4 N–H and O–H groups in total. The van der Waals surface area contributed by atoms with Crippen LogP contribution in [0.3, 0.4) is 0 Å². The third-order valence-corrected chi connectivity index (χ3v) is 1.35. The minimum Gasteiger partial charge on any atom is -0.508 e. The van der Waals surface area contributed by atoms with Gasteiger partial charge < -0.3 is 16.2 Å². The number of anilines is 2. The largest absolute Gasteiger partial charge is 0.508 e. The summed E-state index contributed by atoms with van der Waals surface area (Å²) in [4.78, 5) is 10.6. The van der Waals surface area contributed by atoms with Crippen molar-refractivity contribution in [2.45, 2.75) is 6.92 Å². The summed E-state index contributed by atoms with van der Waals surface area (Å²) in [5.41, 5.74) is 6.36. The zero-order chi connectivity index (χ0) is 9.14. The number of phenols is 1. The Bertz CT molecular complexity index is 310. The lowest BCUT2D eigenvalue weighted by Gasteiger charge is -2.05. The molecule has 0 saturated heterocycles. The summed E-state index contributed by atoms with van der Waals surface area (Å²) in [6.45, 7) is 1.40. The molecule has 0 unspecified atom stereocenters. The molecule has 12 heavy (non-hydrogen) atoms. The molecule has 0 radical (unpaired) electrons. The number of hydrogen-bond donors (Lipinski definition) is 3. The van der Waals surface area contributed by atoms with Gasteiger partial charge in [0.15, 0.2) is 0 Å². The molecule has 1 aromatic rings. The molecule has 4 heteroatoms. The predicted octanol–water partition coefficient (Wildman–Crippen LogP) is 0.933. The molecule has 0 atom stereocenters. The Kier molecular flexibility index (Phi) is 2.19. The van der Waals surface area contributed by atoms with Gasteiger partial charge >= 0.3 is 0 Å². The van der Waals surface area contributed by atoms with E-state index >= 15 is 0 Å². The summed E-state index contributed by atoms with van der Waals surface area (Å²) in [7, 11) is 0. The fourth-order valence-corrected chi connectivity index (χ4v) is 0.854. The molecule has 1 aromatic carbocycles. The standard InChI is InChI=1S/C8H10N2O2/c1-5(11)10-8-3-2-6(12)4-7(8)9/h2-4,12H,9H2,1H3,(H,10,11). The van der Waals surface area contributed by atoms with E-state index in [0.29, 0.717) is 11.4 Å². The SMILES string of the molecule is CC(=O)Nc1ccc(O)cc1N. The highest BCUT2D eigenvalue weighted by atomic mass is 16.3. The topological polar surface area (TPSA) is 75.3 Å². The van der Waals surface area contributed by atoms with Crippen molar-refractivity contribution < 1.29 is 9.90 Å². The second-order valence-corrected chi connectivity index (χ2v) is 2.45. The van der Waals surface area contributed by atoms with E-state index in [1.165, 1.54) is 19.1 Å². The number of nitrogens with one attached hydrogen (secondary N) is 1. The van der Waals surface area contributed by atoms with Gasteiger partial charge in [-0.15, -0.1) is 0 Å². The van der Waals surface area contributed by atoms with E-state index in [1.54, 1.807) is 6.07 Å². The van der Waals surface area contributed by atoms with E-state index in [0.717, 1.165) is 0 Å². The molecule has 0 aliphatic carbocycles. The van der Waals surface area contributed by atoms with Crippen LogP contribution < -0.4 is 11.1 Å². The highest BCUT2D eigenvalue weighted by Gasteiger charge is 2.00. The Morgan fingerprint density at radius 1 is 1.58 bits per heavy atom. The normalized spacial score (nSPS) is 9.42. The van der Waals surface area contributed by atoms with Crippen LogP contribution in [0, 0.1) is 0 Å². The van der Waals surface area contributed by atoms with Crippen molar-refractivity contribution in [1.29, 1.82) is 0 Å². The third-order valence-electron chi connectivity index (χ3n) is 1.35. The van der Waals surface area contributed by atoms with Crippen LogP contribution in [0.15, 0.2) is 18.2 Å². The van der Waals surface area contributed by atoms with Crippen molar-refractivity contribution in [3.8, 4) is 5.75 Å². The molecule has 0 saturated carbocycles. The van der Waals surface area contributed by atoms with Crippen molar-refractivity contribution >= 4 is 17.3 Å². The molecule has 0 aromatic heterocycles. The number of benzene rings is 1. The van der Waals surface area contributed by atoms with Crippen LogP contribution in [0.2, 0.25) is 0 Å². The van der Waals surface area contributed by atoms with E-state index in [4.69, 9.17) is 10.8 Å². The quantitative estimate of drug-likeness (QED) is 0.429. The van der Waals surface area contributed by atoms with Crippen LogP contribution >= 0.6 is 0 Å². The zero-order valence-electron chi connectivity index (χ0n) is 6.66. The van der Waals surface area contributed by atoms with Crippen LogP contribution in [-0.4, -0.2) is 11.0 Å². The monoisotopic (exact) mass is 166 g/mol. The Morgan fingerprint density at radius 2 is 2.25 bits per heavy atom. The first-order chi connectivity index (χ1) is 5.59.